The SMILES string of the molecule is C=C(C)[C@@H]1CC[C@]2(C)O[P@](=S)(c3ccc4ccccc4c3)S[C@H]2C1. The van der Waals surface area contributed by atoms with Gasteiger partial charge in [0.25, 0.3) is 0 Å². The average molecular weight is 375 g/mol. The lowest BCUT2D eigenvalue weighted by Crippen LogP contribution is -2.40. The first-order valence-corrected chi connectivity index (χ1v) is 12.7. The Hall–Kier alpha value is -0.600. The Kier molecular flexibility index (Phi) is 4.20. The van der Waals surface area contributed by atoms with Gasteiger partial charge in [0.2, 0.25) is 0 Å². The van der Waals surface area contributed by atoms with Crippen LogP contribution in [-0.2, 0) is 16.3 Å². The Balaban J connectivity index is 1.68. The summed E-state index contributed by atoms with van der Waals surface area (Å²) in [5, 5.41) is 4.22. The van der Waals surface area contributed by atoms with Gasteiger partial charge in [-0.3, -0.25) is 0 Å². The van der Waals surface area contributed by atoms with Gasteiger partial charge in [0, 0.05) is 10.6 Å². The van der Waals surface area contributed by atoms with Crippen LogP contribution in [-0.4, -0.2) is 10.9 Å². The van der Waals surface area contributed by atoms with Crippen LogP contribution < -0.4 is 5.30 Å². The number of rotatable bonds is 2. The maximum Gasteiger partial charge on any atom is 0.149 e. The highest BCUT2D eigenvalue weighted by atomic mass is 32.9. The van der Waals surface area contributed by atoms with E-state index < -0.39 is 5.47 Å². The first-order valence-electron chi connectivity index (χ1n) is 8.54. The molecule has 2 aliphatic rings. The summed E-state index contributed by atoms with van der Waals surface area (Å²) in [5.74, 6) is 0.623. The Morgan fingerprint density at radius 3 is 2.79 bits per heavy atom. The van der Waals surface area contributed by atoms with Crippen LogP contribution >= 0.6 is 16.8 Å². The molecule has 0 amide bonds. The van der Waals surface area contributed by atoms with E-state index >= 15 is 0 Å². The molecule has 1 aliphatic heterocycles. The van der Waals surface area contributed by atoms with Gasteiger partial charge >= 0.3 is 0 Å². The maximum atomic E-state index is 6.66. The molecule has 0 aromatic heterocycles. The van der Waals surface area contributed by atoms with Gasteiger partial charge in [-0.1, -0.05) is 71.7 Å². The second-order valence-electron chi connectivity index (χ2n) is 7.34. The van der Waals surface area contributed by atoms with E-state index in [9.17, 15) is 0 Å². The predicted octanol–water partition coefficient (Wildman–Crippen LogP) is 6.04. The van der Waals surface area contributed by atoms with Crippen LogP contribution in [0.25, 0.3) is 10.8 Å². The minimum atomic E-state index is -2.03. The quantitative estimate of drug-likeness (QED) is 0.468. The molecular weight excluding hydrogens is 351 g/mol. The second kappa shape index (κ2) is 5.99. The Morgan fingerprint density at radius 2 is 2.04 bits per heavy atom. The molecule has 0 spiro atoms. The molecule has 1 saturated carbocycles. The number of benzene rings is 2. The number of fused-ring (bicyclic) bond motifs is 2. The van der Waals surface area contributed by atoms with Crippen LogP contribution in [0.2, 0.25) is 0 Å². The van der Waals surface area contributed by atoms with Crippen molar-refractivity contribution in [2.75, 3.05) is 0 Å². The van der Waals surface area contributed by atoms with E-state index in [4.69, 9.17) is 16.3 Å². The van der Waals surface area contributed by atoms with Gasteiger partial charge in [-0.15, -0.1) is 0 Å². The number of hydrogen-bond donors (Lipinski definition) is 0. The van der Waals surface area contributed by atoms with Crippen molar-refractivity contribution in [3.63, 3.8) is 0 Å². The molecular formula is C20H23OPS2. The van der Waals surface area contributed by atoms with E-state index in [1.165, 1.54) is 28.1 Å². The molecule has 4 atom stereocenters. The van der Waals surface area contributed by atoms with Crippen molar-refractivity contribution in [3.05, 3.63) is 54.6 Å². The summed E-state index contributed by atoms with van der Waals surface area (Å²) in [7, 11) is 0. The first-order chi connectivity index (χ1) is 11.4. The standard InChI is InChI=1S/C20H23OPS2/c1-14(2)16-10-11-20(3)19(13-16)24-22(23,21-20)18-9-8-15-6-4-5-7-17(15)12-18/h4-9,12,16,19H,1,10-11,13H2,2-3H3/t16-,19+,20+,22+/m1/s1. The van der Waals surface area contributed by atoms with Crippen LogP contribution in [0.4, 0.5) is 0 Å². The number of allylic oxidation sites excluding steroid dienone is 1. The first kappa shape index (κ1) is 16.8. The van der Waals surface area contributed by atoms with E-state index in [2.05, 4.69) is 62.9 Å². The zero-order valence-corrected chi connectivity index (χ0v) is 16.7. The van der Waals surface area contributed by atoms with Crippen molar-refractivity contribution in [3.8, 4) is 0 Å². The van der Waals surface area contributed by atoms with Crippen LogP contribution in [0, 0.1) is 5.92 Å². The van der Waals surface area contributed by atoms with Gasteiger partial charge < -0.3 is 4.52 Å². The molecule has 2 aromatic rings. The minimum Gasteiger partial charge on any atom is -0.331 e. The molecule has 1 saturated heterocycles. The third-order valence-corrected chi connectivity index (χ3v) is 12.4. The lowest BCUT2D eigenvalue weighted by molar-refractivity contribution is 0.0685. The summed E-state index contributed by atoms with van der Waals surface area (Å²) in [4.78, 5) is 0. The van der Waals surface area contributed by atoms with Crippen molar-refractivity contribution in [2.45, 2.75) is 44.0 Å². The van der Waals surface area contributed by atoms with E-state index in [0.29, 0.717) is 11.2 Å². The normalized spacial score (nSPS) is 35.8. The monoisotopic (exact) mass is 374 g/mol. The molecule has 4 heteroatoms. The van der Waals surface area contributed by atoms with Crippen molar-refractivity contribution in [1.29, 1.82) is 0 Å². The van der Waals surface area contributed by atoms with Gasteiger partial charge in [-0.25, -0.2) is 0 Å². The molecule has 2 aromatic carbocycles. The lowest BCUT2D eigenvalue weighted by atomic mass is 9.77. The van der Waals surface area contributed by atoms with Crippen LogP contribution in [0.15, 0.2) is 54.6 Å². The zero-order valence-electron chi connectivity index (χ0n) is 14.2. The molecule has 1 heterocycles. The maximum absolute atomic E-state index is 6.66. The van der Waals surface area contributed by atoms with E-state index in [1.807, 2.05) is 11.4 Å². The predicted molar refractivity (Wildman–Crippen MR) is 111 cm³/mol. The van der Waals surface area contributed by atoms with Crippen LogP contribution in [0.3, 0.4) is 0 Å². The van der Waals surface area contributed by atoms with E-state index in [-0.39, 0.29) is 5.60 Å². The summed E-state index contributed by atoms with van der Waals surface area (Å²) in [5.41, 5.74) is -0.797. The van der Waals surface area contributed by atoms with Gasteiger partial charge in [0.15, 0.2) is 0 Å². The third kappa shape index (κ3) is 2.80. The molecule has 1 aliphatic carbocycles. The summed E-state index contributed by atoms with van der Waals surface area (Å²) in [6, 6.07) is 15.1. The smallest absolute Gasteiger partial charge is 0.149 e. The molecule has 4 rings (SSSR count). The Bertz CT molecular complexity index is 862. The highest BCUT2D eigenvalue weighted by Crippen LogP contribution is 2.73. The summed E-state index contributed by atoms with van der Waals surface area (Å²) in [6.07, 6.45) is 3.42. The van der Waals surface area contributed by atoms with Gasteiger partial charge in [-0.2, -0.15) is 0 Å². The molecule has 1 nitrogen and oxygen atoms in total. The average Bonchev–Trinajstić information content (AvgIpc) is 2.84. The van der Waals surface area contributed by atoms with Gasteiger partial charge in [0.1, 0.15) is 5.47 Å². The van der Waals surface area contributed by atoms with Crippen molar-refractivity contribution >= 4 is 44.7 Å². The molecule has 24 heavy (non-hydrogen) atoms. The minimum absolute atomic E-state index is 0.0716. The fourth-order valence-electron chi connectivity index (χ4n) is 3.88. The van der Waals surface area contributed by atoms with Gasteiger partial charge in [0.05, 0.1) is 5.60 Å². The van der Waals surface area contributed by atoms with Crippen molar-refractivity contribution in [2.24, 2.45) is 5.92 Å². The third-order valence-electron chi connectivity index (χ3n) is 5.51. The largest absolute Gasteiger partial charge is 0.331 e. The molecule has 0 bridgehead atoms. The molecule has 0 radical (unpaired) electrons. The zero-order chi connectivity index (χ0) is 16.9. The van der Waals surface area contributed by atoms with E-state index in [1.54, 1.807) is 0 Å². The highest BCUT2D eigenvalue weighted by Gasteiger charge is 2.52. The van der Waals surface area contributed by atoms with E-state index in [0.717, 1.165) is 12.8 Å². The Labute approximate surface area is 153 Å². The van der Waals surface area contributed by atoms with Crippen LogP contribution in [0.5, 0.6) is 0 Å². The fourth-order valence-corrected chi connectivity index (χ4v) is 11.6. The summed E-state index contributed by atoms with van der Waals surface area (Å²) in [6.45, 7) is 8.61. The van der Waals surface area contributed by atoms with Crippen molar-refractivity contribution in [1.82, 2.24) is 0 Å². The second-order valence-corrected chi connectivity index (χ2v) is 14.2. The fraction of sp³-hybridized carbons (Fsp3) is 0.400. The summed E-state index contributed by atoms with van der Waals surface area (Å²) < 4.78 is 6.66. The van der Waals surface area contributed by atoms with Gasteiger partial charge in [-0.05, 0) is 55.9 Å². The summed E-state index contributed by atoms with van der Waals surface area (Å²) >= 11 is 8.06. The van der Waals surface area contributed by atoms with Crippen LogP contribution in [0.1, 0.15) is 33.1 Å². The van der Waals surface area contributed by atoms with Crippen molar-refractivity contribution < 1.29 is 4.52 Å². The molecule has 126 valence electrons. The molecule has 2 fully saturated rings. The topological polar surface area (TPSA) is 9.23 Å². The Morgan fingerprint density at radius 1 is 1.29 bits per heavy atom. The number of hydrogen-bond acceptors (Lipinski definition) is 3. The lowest BCUT2D eigenvalue weighted by Gasteiger charge is -2.38. The molecule has 0 unspecified atom stereocenters. The molecule has 0 N–H and O–H groups in total. The highest BCUT2D eigenvalue weighted by molar-refractivity contribution is 8.72.